The number of halogens is 1. The molecule has 0 aliphatic heterocycles. The van der Waals surface area contributed by atoms with Crippen molar-refractivity contribution in [2.24, 2.45) is 0 Å². The van der Waals surface area contributed by atoms with Crippen LogP contribution in [-0.2, 0) is 0 Å². The molecule has 1 aromatic carbocycles. The largest absolute Gasteiger partial charge is 0.298 e. The third kappa shape index (κ3) is 3.41. The number of carbonyl (C=O) groups is 1. The Kier molecular flexibility index (Phi) is 6.08. The summed E-state index contributed by atoms with van der Waals surface area (Å²) in [6, 6.07) is 9.10. The highest BCUT2D eigenvalue weighted by atomic mass is 79.9. The molecular weight excluding hydrogens is 192 g/mol. The zero-order valence-electron chi connectivity index (χ0n) is 5.75. The van der Waals surface area contributed by atoms with Gasteiger partial charge in [0.05, 0.1) is 0 Å². The normalized spacial score (nSPS) is 7.40. The molecule has 0 aromatic heterocycles. The van der Waals surface area contributed by atoms with Gasteiger partial charge in [-0.1, -0.05) is 46.3 Å². The topological polar surface area (TPSA) is 17.1 Å². The molecule has 10 heavy (non-hydrogen) atoms. The van der Waals surface area contributed by atoms with Crippen LogP contribution in [0.15, 0.2) is 30.3 Å². The maximum absolute atomic E-state index is 10.0. The average Bonchev–Trinajstić information content (AvgIpc) is 2.10. The quantitative estimate of drug-likeness (QED) is 0.504. The monoisotopic (exact) mass is 200 g/mol. The van der Waals surface area contributed by atoms with Gasteiger partial charge in [-0.25, -0.2) is 0 Å². The Morgan fingerprint density at radius 2 is 1.70 bits per heavy atom. The molecule has 0 saturated heterocycles. The van der Waals surface area contributed by atoms with Crippen molar-refractivity contribution in [3.63, 3.8) is 0 Å². The van der Waals surface area contributed by atoms with Gasteiger partial charge >= 0.3 is 0 Å². The summed E-state index contributed by atoms with van der Waals surface area (Å²) in [5.74, 6) is 1.81. The van der Waals surface area contributed by atoms with Crippen molar-refractivity contribution in [2.75, 3.05) is 5.83 Å². The molecule has 0 amide bonds. The Hall–Kier alpha value is -0.630. The number of rotatable bonds is 1. The number of hydrogen-bond acceptors (Lipinski definition) is 1. The van der Waals surface area contributed by atoms with E-state index in [1.54, 1.807) is 12.1 Å². The lowest BCUT2D eigenvalue weighted by atomic mass is 10.2. The van der Waals surface area contributed by atoms with Crippen LogP contribution in [0.4, 0.5) is 0 Å². The van der Waals surface area contributed by atoms with Crippen molar-refractivity contribution in [1.82, 2.24) is 0 Å². The van der Waals surface area contributed by atoms with Crippen molar-refractivity contribution < 1.29 is 4.79 Å². The third-order valence-corrected chi connectivity index (χ3v) is 0.936. The molecule has 0 heterocycles. The predicted molar refractivity (Wildman–Crippen MR) is 46.7 cm³/mol. The molecule has 0 aliphatic carbocycles. The summed E-state index contributed by atoms with van der Waals surface area (Å²) in [6.07, 6.45) is 0.833. The molecule has 0 spiro atoms. The highest BCUT2D eigenvalue weighted by Gasteiger charge is 1.79. The molecule has 1 rings (SSSR count). The lowest BCUT2D eigenvalue weighted by Crippen LogP contribution is -1.73. The van der Waals surface area contributed by atoms with Gasteiger partial charge in [-0.15, -0.1) is 0 Å². The summed E-state index contributed by atoms with van der Waals surface area (Å²) in [4.78, 5) is 10.0. The van der Waals surface area contributed by atoms with Crippen molar-refractivity contribution in [3.05, 3.63) is 35.9 Å². The summed E-state index contributed by atoms with van der Waals surface area (Å²) >= 11 is 2.94. The molecule has 1 nitrogen and oxygen atoms in total. The summed E-state index contributed by atoms with van der Waals surface area (Å²) in [6.45, 7) is 0. The minimum Gasteiger partial charge on any atom is -0.298 e. The second-order valence-corrected chi connectivity index (χ2v) is 1.53. The smallest absolute Gasteiger partial charge is 0.150 e. The fraction of sp³-hybridized carbons (Fsp3) is 0.125. The van der Waals surface area contributed by atoms with Crippen molar-refractivity contribution >= 4 is 22.2 Å². The van der Waals surface area contributed by atoms with E-state index in [1.807, 2.05) is 24.0 Å². The first-order valence-electron chi connectivity index (χ1n) is 2.81. The van der Waals surface area contributed by atoms with Gasteiger partial charge in [-0.05, 0) is 5.83 Å². The first kappa shape index (κ1) is 9.37. The molecule has 2 heteroatoms. The lowest BCUT2D eigenvalue weighted by Gasteiger charge is -1.81. The van der Waals surface area contributed by atoms with Crippen molar-refractivity contribution in [1.29, 1.82) is 0 Å². The molecule has 0 aliphatic rings. The Labute approximate surface area is 69.2 Å². The molecule has 0 N–H and O–H groups in total. The molecular formula is C8H9BrO. The zero-order chi connectivity index (χ0) is 7.82. The predicted octanol–water partition coefficient (Wildman–Crippen LogP) is 2.51. The Bertz CT molecular complexity index is 172. The molecule has 0 bridgehead atoms. The molecule has 1 aromatic rings. The van der Waals surface area contributed by atoms with Crippen molar-refractivity contribution in [3.8, 4) is 0 Å². The first-order chi connectivity index (χ1) is 4.93. The van der Waals surface area contributed by atoms with Gasteiger partial charge in [0.25, 0.3) is 0 Å². The maximum Gasteiger partial charge on any atom is 0.150 e. The molecule has 0 fully saturated rings. The van der Waals surface area contributed by atoms with E-state index in [4.69, 9.17) is 0 Å². The van der Waals surface area contributed by atoms with Gasteiger partial charge < -0.3 is 0 Å². The van der Waals surface area contributed by atoms with Crippen LogP contribution in [0, 0.1) is 0 Å². The average molecular weight is 201 g/mol. The van der Waals surface area contributed by atoms with Crippen LogP contribution in [0.3, 0.4) is 0 Å². The highest BCUT2D eigenvalue weighted by molar-refractivity contribution is 9.08. The van der Waals surface area contributed by atoms with E-state index in [1.165, 1.54) is 0 Å². The van der Waals surface area contributed by atoms with Gasteiger partial charge in [0.15, 0.2) is 0 Å². The fourth-order valence-electron chi connectivity index (χ4n) is 0.532. The minimum atomic E-state index is 0.729. The van der Waals surface area contributed by atoms with E-state index in [0.717, 1.165) is 11.8 Å². The van der Waals surface area contributed by atoms with E-state index in [2.05, 4.69) is 15.9 Å². The number of aldehydes is 1. The maximum atomic E-state index is 10.0. The molecule has 0 atom stereocenters. The number of alkyl halides is 1. The number of benzene rings is 1. The van der Waals surface area contributed by atoms with Gasteiger partial charge in [-0.2, -0.15) is 0 Å². The number of carbonyl (C=O) groups excluding carboxylic acids is 1. The van der Waals surface area contributed by atoms with Crippen LogP contribution in [0.2, 0.25) is 0 Å². The Morgan fingerprint density at radius 3 is 2.00 bits per heavy atom. The van der Waals surface area contributed by atoms with Crippen LogP contribution in [-0.4, -0.2) is 12.1 Å². The van der Waals surface area contributed by atoms with Gasteiger partial charge in [-0.3, -0.25) is 4.79 Å². The summed E-state index contributed by atoms with van der Waals surface area (Å²) < 4.78 is 0. The molecule has 54 valence electrons. The van der Waals surface area contributed by atoms with E-state index in [9.17, 15) is 4.79 Å². The van der Waals surface area contributed by atoms with Crippen LogP contribution in [0.1, 0.15) is 10.4 Å². The molecule has 0 unspecified atom stereocenters. The standard InChI is InChI=1S/C7H6O.CH3Br/c8-6-7-4-2-1-3-5-7;1-2/h1-6H;1H3. The molecule has 0 radical (unpaired) electrons. The number of hydrogen-bond donors (Lipinski definition) is 0. The van der Waals surface area contributed by atoms with Gasteiger partial charge in [0, 0.05) is 5.56 Å². The van der Waals surface area contributed by atoms with E-state index in [-0.39, 0.29) is 0 Å². The van der Waals surface area contributed by atoms with Gasteiger partial charge in [0.1, 0.15) is 6.29 Å². The second kappa shape index (κ2) is 6.49. The Morgan fingerprint density at radius 1 is 1.20 bits per heavy atom. The third-order valence-electron chi connectivity index (χ3n) is 0.936. The van der Waals surface area contributed by atoms with Crippen LogP contribution in [0.25, 0.3) is 0 Å². The SMILES string of the molecule is CBr.O=Cc1ccccc1. The van der Waals surface area contributed by atoms with Crippen molar-refractivity contribution in [2.45, 2.75) is 0 Å². The van der Waals surface area contributed by atoms with Crippen LogP contribution in [0.5, 0.6) is 0 Å². The van der Waals surface area contributed by atoms with Crippen LogP contribution >= 0.6 is 15.9 Å². The van der Waals surface area contributed by atoms with E-state index < -0.39 is 0 Å². The Balaban J connectivity index is 0.000000371. The van der Waals surface area contributed by atoms with E-state index in [0.29, 0.717) is 0 Å². The summed E-state index contributed by atoms with van der Waals surface area (Å²) in [5.41, 5.74) is 0.729. The fourth-order valence-corrected chi connectivity index (χ4v) is 0.532. The summed E-state index contributed by atoms with van der Waals surface area (Å²) in [5, 5.41) is 0. The second-order valence-electron chi connectivity index (χ2n) is 1.53. The van der Waals surface area contributed by atoms with E-state index >= 15 is 0 Å². The van der Waals surface area contributed by atoms with Crippen LogP contribution < -0.4 is 0 Å². The van der Waals surface area contributed by atoms with Gasteiger partial charge in [0.2, 0.25) is 0 Å². The summed E-state index contributed by atoms with van der Waals surface area (Å²) in [7, 11) is 0. The molecule has 0 saturated carbocycles. The first-order valence-corrected chi connectivity index (χ1v) is 4.40. The lowest BCUT2D eigenvalue weighted by molar-refractivity contribution is 0.112. The zero-order valence-corrected chi connectivity index (χ0v) is 7.34. The highest BCUT2D eigenvalue weighted by Crippen LogP contribution is 1.91. The minimum absolute atomic E-state index is 0.729.